The fourth-order valence-corrected chi connectivity index (χ4v) is 3.61. The molecule has 0 aromatic carbocycles. The van der Waals surface area contributed by atoms with Crippen LogP contribution in [0.2, 0.25) is 0 Å². The molecule has 2 atom stereocenters. The van der Waals surface area contributed by atoms with Crippen molar-refractivity contribution in [3.63, 3.8) is 0 Å². The molecule has 2 aliphatic rings. The summed E-state index contributed by atoms with van der Waals surface area (Å²) in [5.74, 6) is 0.576. The number of hydrogen-bond acceptors (Lipinski definition) is 5. The van der Waals surface area contributed by atoms with Gasteiger partial charge in [-0.2, -0.15) is 0 Å². The summed E-state index contributed by atoms with van der Waals surface area (Å²) < 4.78 is 0. The van der Waals surface area contributed by atoms with Crippen LogP contribution in [0.5, 0.6) is 0 Å². The quantitative estimate of drug-likeness (QED) is 0.815. The van der Waals surface area contributed by atoms with E-state index in [9.17, 15) is 9.59 Å². The number of nitrogens with one attached hydrogen (secondary N) is 1. The molecule has 7 heteroatoms. The second-order valence-electron chi connectivity index (χ2n) is 7.52. The van der Waals surface area contributed by atoms with Crippen LogP contribution in [0.3, 0.4) is 0 Å². The van der Waals surface area contributed by atoms with Crippen LogP contribution in [0.4, 0.5) is 5.82 Å². The summed E-state index contributed by atoms with van der Waals surface area (Å²) in [5, 5.41) is 2.92. The van der Waals surface area contributed by atoms with Gasteiger partial charge in [0.2, 0.25) is 5.91 Å². The van der Waals surface area contributed by atoms with Crippen molar-refractivity contribution in [3.05, 3.63) is 36.3 Å². The first-order valence-corrected chi connectivity index (χ1v) is 9.38. The SMILES string of the molecule is C=CC(=O)N1C[C@@H](C)N(c2cnc3c(n2)C(C(=O)NC(C)C)=CC3)C[C@@H]1C. The fraction of sp³-hybridized carbons (Fsp3) is 0.500. The van der Waals surface area contributed by atoms with E-state index in [4.69, 9.17) is 4.98 Å². The van der Waals surface area contributed by atoms with E-state index in [0.717, 1.165) is 11.5 Å². The maximum absolute atomic E-state index is 12.5. The molecule has 0 saturated carbocycles. The Morgan fingerprint density at radius 2 is 2.04 bits per heavy atom. The third-order valence-corrected chi connectivity index (χ3v) is 4.99. The predicted octanol–water partition coefficient (Wildman–Crippen LogP) is 1.55. The lowest BCUT2D eigenvalue weighted by molar-refractivity contribution is -0.128. The molecule has 27 heavy (non-hydrogen) atoms. The van der Waals surface area contributed by atoms with Crippen LogP contribution in [-0.4, -0.2) is 57.9 Å². The first-order chi connectivity index (χ1) is 12.8. The highest BCUT2D eigenvalue weighted by molar-refractivity contribution is 6.20. The minimum Gasteiger partial charge on any atom is -0.350 e. The predicted molar refractivity (Wildman–Crippen MR) is 105 cm³/mol. The molecule has 1 aliphatic carbocycles. The van der Waals surface area contributed by atoms with E-state index >= 15 is 0 Å². The second-order valence-corrected chi connectivity index (χ2v) is 7.52. The number of hydrogen-bond donors (Lipinski definition) is 1. The average Bonchev–Trinajstić information content (AvgIpc) is 3.05. The molecule has 1 N–H and O–H groups in total. The number of nitrogens with zero attached hydrogens (tertiary/aromatic N) is 4. The standard InChI is InChI=1S/C20H27N5O2/c1-6-18(26)25-11-13(4)24(10-14(25)5)17-9-21-16-8-7-15(19(16)23-17)20(27)22-12(2)3/h6-7,9,12-14H,1,8,10-11H2,2-5H3,(H,22,27)/t13-,14+/m1/s1. The molecular formula is C20H27N5O2. The van der Waals surface area contributed by atoms with E-state index in [1.807, 2.05) is 31.7 Å². The summed E-state index contributed by atoms with van der Waals surface area (Å²) in [4.78, 5) is 37.8. The van der Waals surface area contributed by atoms with Gasteiger partial charge in [-0.25, -0.2) is 4.98 Å². The van der Waals surface area contributed by atoms with Crippen molar-refractivity contribution in [2.75, 3.05) is 18.0 Å². The maximum atomic E-state index is 12.5. The second kappa shape index (κ2) is 7.50. The van der Waals surface area contributed by atoms with E-state index in [1.54, 1.807) is 6.20 Å². The Kier molecular flexibility index (Phi) is 5.30. The number of carbonyl (C=O) groups excluding carboxylic acids is 2. The molecule has 144 valence electrons. The van der Waals surface area contributed by atoms with E-state index in [-0.39, 0.29) is 29.9 Å². The van der Waals surface area contributed by atoms with Gasteiger partial charge in [-0.05, 0) is 33.8 Å². The number of anilines is 1. The largest absolute Gasteiger partial charge is 0.350 e. The van der Waals surface area contributed by atoms with Crippen molar-refractivity contribution in [2.24, 2.45) is 0 Å². The van der Waals surface area contributed by atoms with Crippen molar-refractivity contribution in [1.82, 2.24) is 20.2 Å². The Hall–Kier alpha value is -2.70. The number of aromatic nitrogens is 2. The third kappa shape index (κ3) is 3.72. The average molecular weight is 369 g/mol. The van der Waals surface area contributed by atoms with Crippen LogP contribution in [0.15, 0.2) is 24.9 Å². The van der Waals surface area contributed by atoms with Gasteiger partial charge in [0.25, 0.3) is 5.91 Å². The first kappa shape index (κ1) is 19.1. The van der Waals surface area contributed by atoms with Crippen LogP contribution in [0, 0.1) is 0 Å². The zero-order valence-corrected chi connectivity index (χ0v) is 16.4. The van der Waals surface area contributed by atoms with Crippen molar-refractivity contribution >= 4 is 23.2 Å². The van der Waals surface area contributed by atoms with Gasteiger partial charge in [-0.15, -0.1) is 0 Å². The minimum atomic E-state index is -0.113. The van der Waals surface area contributed by atoms with Crippen LogP contribution in [-0.2, 0) is 16.0 Å². The number of rotatable bonds is 4. The van der Waals surface area contributed by atoms with Gasteiger partial charge in [0.05, 0.1) is 23.2 Å². The number of allylic oxidation sites excluding steroid dienone is 1. The zero-order valence-electron chi connectivity index (χ0n) is 16.4. The summed E-state index contributed by atoms with van der Waals surface area (Å²) in [7, 11) is 0. The summed E-state index contributed by atoms with van der Waals surface area (Å²) in [6, 6.07) is 0.201. The molecule has 1 aliphatic heterocycles. The lowest BCUT2D eigenvalue weighted by atomic mass is 10.1. The normalized spacial score (nSPS) is 21.7. The lowest BCUT2D eigenvalue weighted by Crippen LogP contribution is -2.58. The topological polar surface area (TPSA) is 78.4 Å². The van der Waals surface area contributed by atoms with Crippen LogP contribution in [0.25, 0.3) is 5.57 Å². The van der Waals surface area contributed by atoms with Gasteiger partial charge in [-0.3, -0.25) is 14.6 Å². The van der Waals surface area contributed by atoms with Gasteiger partial charge in [0.1, 0.15) is 5.82 Å². The third-order valence-electron chi connectivity index (χ3n) is 4.99. The summed E-state index contributed by atoms with van der Waals surface area (Å²) in [6.45, 7) is 12.8. The molecule has 2 amide bonds. The van der Waals surface area contributed by atoms with E-state index < -0.39 is 0 Å². The van der Waals surface area contributed by atoms with Crippen molar-refractivity contribution in [3.8, 4) is 0 Å². The van der Waals surface area contributed by atoms with Gasteiger partial charge >= 0.3 is 0 Å². The summed E-state index contributed by atoms with van der Waals surface area (Å²) >= 11 is 0. The Balaban J connectivity index is 1.83. The zero-order chi connectivity index (χ0) is 19.7. The molecular weight excluding hydrogens is 342 g/mol. The Morgan fingerprint density at radius 1 is 1.30 bits per heavy atom. The van der Waals surface area contributed by atoms with Gasteiger partial charge in [0.15, 0.2) is 0 Å². The van der Waals surface area contributed by atoms with E-state index in [0.29, 0.717) is 30.8 Å². The highest BCUT2D eigenvalue weighted by Crippen LogP contribution is 2.28. The Labute approximate surface area is 160 Å². The Bertz CT molecular complexity index is 802. The van der Waals surface area contributed by atoms with E-state index in [1.165, 1.54) is 6.08 Å². The van der Waals surface area contributed by atoms with Crippen molar-refractivity contribution in [2.45, 2.75) is 52.2 Å². The molecule has 2 heterocycles. The van der Waals surface area contributed by atoms with E-state index in [2.05, 4.69) is 28.7 Å². The smallest absolute Gasteiger partial charge is 0.253 e. The molecule has 1 aromatic rings. The molecule has 1 aromatic heterocycles. The first-order valence-electron chi connectivity index (χ1n) is 9.38. The van der Waals surface area contributed by atoms with Crippen LogP contribution >= 0.6 is 0 Å². The molecule has 3 rings (SSSR count). The number of fused-ring (bicyclic) bond motifs is 1. The van der Waals surface area contributed by atoms with Crippen molar-refractivity contribution < 1.29 is 9.59 Å². The highest BCUT2D eigenvalue weighted by atomic mass is 16.2. The lowest BCUT2D eigenvalue weighted by Gasteiger charge is -2.44. The monoisotopic (exact) mass is 369 g/mol. The molecule has 1 saturated heterocycles. The maximum Gasteiger partial charge on any atom is 0.253 e. The van der Waals surface area contributed by atoms with Crippen molar-refractivity contribution in [1.29, 1.82) is 0 Å². The summed E-state index contributed by atoms with van der Waals surface area (Å²) in [5.41, 5.74) is 2.08. The van der Waals surface area contributed by atoms with Gasteiger partial charge in [-0.1, -0.05) is 12.7 Å². The van der Waals surface area contributed by atoms with Crippen LogP contribution < -0.4 is 10.2 Å². The molecule has 0 unspecified atom stereocenters. The fourth-order valence-electron chi connectivity index (χ4n) is 3.61. The minimum absolute atomic E-state index is 0.0426. The van der Waals surface area contributed by atoms with Gasteiger partial charge < -0.3 is 15.1 Å². The molecule has 1 fully saturated rings. The van der Waals surface area contributed by atoms with Gasteiger partial charge in [0, 0.05) is 37.6 Å². The molecule has 7 nitrogen and oxygen atoms in total. The Morgan fingerprint density at radius 3 is 2.70 bits per heavy atom. The van der Waals surface area contributed by atoms with Crippen LogP contribution in [0.1, 0.15) is 39.1 Å². The summed E-state index contributed by atoms with van der Waals surface area (Å²) in [6.07, 6.45) is 5.64. The number of carbonyl (C=O) groups is 2. The molecule has 0 radical (unpaired) electrons. The molecule has 0 spiro atoms. The molecule has 0 bridgehead atoms. The number of piperazine rings is 1. The number of amides is 2. The highest BCUT2D eigenvalue weighted by Gasteiger charge is 2.33.